The highest BCUT2D eigenvalue weighted by Crippen LogP contribution is 2.24. The fourth-order valence-electron chi connectivity index (χ4n) is 2.33. The molecular weight excluding hydrogens is 328 g/mol. The lowest BCUT2D eigenvalue weighted by Crippen LogP contribution is -2.05. The number of sulfone groups is 1. The zero-order chi connectivity index (χ0) is 17.2. The molecule has 0 radical (unpaired) electrons. The number of hydrogen-bond acceptors (Lipinski definition) is 7. The zero-order valence-electron chi connectivity index (χ0n) is 13.2. The van der Waals surface area contributed by atoms with Crippen LogP contribution < -0.4 is 10.1 Å². The number of nitrogens with zero attached hydrogens (tertiary/aromatic N) is 3. The number of nitrogens with one attached hydrogen (secondary N) is 1. The van der Waals surface area contributed by atoms with E-state index in [0.29, 0.717) is 29.1 Å². The van der Waals surface area contributed by atoms with E-state index >= 15 is 0 Å². The van der Waals surface area contributed by atoms with Crippen molar-refractivity contribution >= 4 is 26.6 Å². The second-order valence-corrected chi connectivity index (χ2v) is 7.21. The van der Waals surface area contributed by atoms with Crippen LogP contribution in [0.25, 0.3) is 10.9 Å². The first-order valence-corrected chi connectivity index (χ1v) is 9.05. The summed E-state index contributed by atoms with van der Waals surface area (Å²) >= 11 is 0. The molecule has 1 N–H and O–H groups in total. The Morgan fingerprint density at radius 3 is 2.75 bits per heavy atom. The fourth-order valence-corrected chi connectivity index (χ4v) is 2.98. The van der Waals surface area contributed by atoms with Crippen LogP contribution in [0.3, 0.4) is 0 Å². The number of methoxy groups -OCH3 is 1. The van der Waals surface area contributed by atoms with E-state index in [2.05, 4.69) is 20.3 Å². The fraction of sp³-hybridized carbons (Fsp3) is 0.188. The Morgan fingerprint density at radius 1 is 1.17 bits per heavy atom. The van der Waals surface area contributed by atoms with Gasteiger partial charge < -0.3 is 10.1 Å². The van der Waals surface area contributed by atoms with Gasteiger partial charge in [-0.15, -0.1) is 0 Å². The second-order valence-electron chi connectivity index (χ2n) is 5.20. The van der Waals surface area contributed by atoms with Crippen LogP contribution in [-0.4, -0.2) is 36.7 Å². The van der Waals surface area contributed by atoms with Crippen molar-refractivity contribution in [3.63, 3.8) is 0 Å². The quantitative estimate of drug-likeness (QED) is 0.757. The molecule has 0 saturated heterocycles. The molecule has 2 heterocycles. The monoisotopic (exact) mass is 344 g/mol. The van der Waals surface area contributed by atoms with Gasteiger partial charge in [-0.25, -0.2) is 23.4 Å². The van der Waals surface area contributed by atoms with Crippen LogP contribution >= 0.6 is 0 Å². The molecule has 0 aliphatic heterocycles. The van der Waals surface area contributed by atoms with Gasteiger partial charge in [0.05, 0.1) is 17.5 Å². The van der Waals surface area contributed by atoms with Crippen LogP contribution in [0.5, 0.6) is 5.88 Å². The highest BCUT2D eigenvalue weighted by atomic mass is 32.2. The number of rotatable bonds is 5. The highest BCUT2D eigenvalue weighted by molar-refractivity contribution is 7.90. The Balaban J connectivity index is 1.97. The molecule has 8 heteroatoms. The minimum Gasteiger partial charge on any atom is -0.481 e. The van der Waals surface area contributed by atoms with Crippen molar-refractivity contribution in [1.29, 1.82) is 0 Å². The van der Waals surface area contributed by atoms with Crippen molar-refractivity contribution < 1.29 is 13.2 Å². The molecule has 0 atom stereocenters. The van der Waals surface area contributed by atoms with Gasteiger partial charge in [-0.05, 0) is 24.3 Å². The van der Waals surface area contributed by atoms with Crippen LogP contribution in [0.15, 0.2) is 47.8 Å². The minimum atomic E-state index is -3.30. The summed E-state index contributed by atoms with van der Waals surface area (Å²) in [7, 11) is -1.74. The van der Waals surface area contributed by atoms with E-state index in [0.717, 1.165) is 5.56 Å². The zero-order valence-corrected chi connectivity index (χ0v) is 14.0. The van der Waals surface area contributed by atoms with E-state index in [4.69, 9.17) is 4.74 Å². The molecule has 0 spiro atoms. The smallest absolute Gasteiger partial charge is 0.218 e. The molecule has 2 aromatic heterocycles. The average molecular weight is 344 g/mol. The summed E-state index contributed by atoms with van der Waals surface area (Å²) in [6.45, 7) is 0.437. The van der Waals surface area contributed by atoms with Crippen molar-refractivity contribution in [3.8, 4) is 5.88 Å². The van der Waals surface area contributed by atoms with E-state index in [1.165, 1.54) is 12.6 Å². The molecule has 0 aliphatic carbocycles. The number of anilines is 1. The third kappa shape index (κ3) is 3.28. The van der Waals surface area contributed by atoms with Crippen molar-refractivity contribution in [2.45, 2.75) is 11.4 Å². The first-order chi connectivity index (χ1) is 11.5. The average Bonchev–Trinajstić information content (AvgIpc) is 2.58. The predicted molar refractivity (Wildman–Crippen MR) is 90.8 cm³/mol. The van der Waals surface area contributed by atoms with Gasteiger partial charge in [-0.2, -0.15) is 0 Å². The van der Waals surface area contributed by atoms with E-state index in [9.17, 15) is 8.42 Å². The first-order valence-electron chi connectivity index (χ1n) is 7.15. The molecule has 0 bridgehead atoms. The molecule has 1 aromatic carbocycles. The second kappa shape index (κ2) is 6.40. The highest BCUT2D eigenvalue weighted by Gasteiger charge is 2.11. The maximum atomic E-state index is 11.8. The van der Waals surface area contributed by atoms with Gasteiger partial charge >= 0.3 is 0 Å². The molecule has 3 aromatic rings. The lowest BCUT2D eigenvalue weighted by molar-refractivity contribution is 0.393. The van der Waals surface area contributed by atoms with Gasteiger partial charge in [-0.3, -0.25) is 0 Å². The molecule has 7 nitrogen and oxygen atoms in total. The van der Waals surface area contributed by atoms with Gasteiger partial charge in [0, 0.05) is 29.9 Å². The van der Waals surface area contributed by atoms with Crippen molar-refractivity contribution in [1.82, 2.24) is 15.0 Å². The summed E-state index contributed by atoms with van der Waals surface area (Å²) in [5, 5.41) is 3.83. The third-order valence-electron chi connectivity index (χ3n) is 3.52. The standard InChI is InChI=1S/C16H16N4O3S/c1-23-16-11(4-3-7-17-16)9-18-15-13-8-12(24(2,21)22)5-6-14(13)19-10-20-15/h3-8,10H,9H2,1-2H3,(H,18,19,20). The first kappa shape index (κ1) is 16.1. The van der Waals surface area contributed by atoms with Crippen LogP contribution in [0.4, 0.5) is 5.82 Å². The van der Waals surface area contributed by atoms with E-state index in [1.54, 1.807) is 31.5 Å². The molecule has 0 aliphatic rings. The molecule has 24 heavy (non-hydrogen) atoms. The van der Waals surface area contributed by atoms with Gasteiger partial charge in [-0.1, -0.05) is 6.07 Å². The van der Waals surface area contributed by atoms with Crippen LogP contribution in [0.1, 0.15) is 5.56 Å². The summed E-state index contributed by atoms with van der Waals surface area (Å²) in [5.74, 6) is 1.08. The normalized spacial score (nSPS) is 11.4. The molecule has 0 amide bonds. The summed E-state index contributed by atoms with van der Waals surface area (Å²) < 4.78 is 28.8. The molecular formula is C16H16N4O3S. The summed E-state index contributed by atoms with van der Waals surface area (Å²) in [6.07, 6.45) is 4.26. The number of ether oxygens (including phenoxy) is 1. The topological polar surface area (TPSA) is 94.1 Å². The summed E-state index contributed by atoms with van der Waals surface area (Å²) in [6, 6.07) is 8.50. The molecule has 0 saturated carbocycles. The Morgan fingerprint density at radius 2 is 2.00 bits per heavy atom. The number of fused-ring (bicyclic) bond motifs is 1. The van der Waals surface area contributed by atoms with Crippen molar-refractivity contribution in [2.75, 3.05) is 18.7 Å². The number of hydrogen-bond donors (Lipinski definition) is 1. The van der Waals surface area contributed by atoms with E-state index in [1.807, 2.05) is 12.1 Å². The lowest BCUT2D eigenvalue weighted by atomic mass is 10.2. The Hall–Kier alpha value is -2.74. The Kier molecular flexibility index (Phi) is 4.30. The van der Waals surface area contributed by atoms with E-state index < -0.39 is 9.84 Å². The SMILES string of the molecule is COc1ncccc1CNc1ncnc2ccc(S(C)(=O)=O)cc12. The van der Waals surface area contributed by atoms with Crippen molar-refractivity contribution in [2.24, 2.45) is 0 Å². The number of pyridine rings is 1. The van der Waals surface area contributed by atoms with Gasteiger partial charge in [0.15, 0.2) is 9.84 Å². The van der Waals surface area contributed by atoms with Crippen LogP contribution in [-0.2, 0) is 16.4 Å². The van der Waals surface area contributed by atoms with Crippen LogP contribution in [0, 0.1) is 0 Å². The maximum Gasteiger partial charge on any atom is 0.218 e. The molecule has 0 unspecified atom stereocenters. The number of aromatic nitrogens is 3. The predicted octanol–water partition coefficient (Wildman–Crippen LogP) is 2.05. The third-order valence-corrected chi connectivity index (χ3v) is 4.63. The summed E-state index contributed by atoms with van der Waals surface area (Å²) in [5.41, 5.74) is 1.53. The van der Waals surface area contributed by atoms with Crippen LogP contribution in [0.2, 0.25) is 0 Å². The van der Waals surface area contributed by atoms with Crippen molar-refractivity contribution in [3.05, 3.63) is 48.4 Å². The molecule has 3 rings (SSSR count). The Labute approximate surface area is 139 Å². The largest absolute Gasteiger partial charge is 0.481 e. The minimum absolute atomic E-state index is 0.229. The van der Waals surface area contributed by atoms with Gasteiger partial charge in [0.25, 0.3) is 0 Å². The summed E-state index contributed by atoms with van der Waals surface area (Å²) in [4.78, 5) is 12.8. The molecule has 124 valence electrons. The molecule has 0 fully saturated rings. The van der Waals surface area contributed by atoms with Gasteiger partial charge in [0.1, 0.15) is 12.1 Å². The Bertz CT molecular complexity index is 990. The van der Waals surface area contributed by atoms with Gasteiger partial charge in [0.2, 0.25) is 5.88 Å². The maximum absolute atomic E-state index is 11.8. The lowest BCUT2D eigenvalue weighted by Gasteiger charge is -2.11. The number of benzene rings is 1. The van der Waals surface area contributed by atoms with E-state index in [-0.39, 0.29) is 4.90 Å².